The lowest BCUT2D eigenvalue weighted by molar-refractivity contribution is -0.141. The van der Waals surface area contributed by atoms with Crippen molar-refractivity contribution in [1.82, 2.24) is 9.80 Å². The molecule has 1 aliphatic heterocycles. The minimum absolute atomic E-state index is 0.137. The number of benzene rings is 1. The highest BCUT2D eigenvalue weighted by Gasteiger charge is 2.47. The molecule has 1 aromatic carbocycles. The third-order valence-electron chi connectivity index (χ3n) is 6.33. The fourth-order valence-electron chi connectivity index (χ4n) is 4.48. The number of rotatable bonds is 5. The first-order valence-electron chi connectivity index (χ1n) is 10.1. The van der Waals surface area contributed by atoms with Gasteiger partial charge in [-0.25, -0.2) is 0 Å². The molecule has 5 heteroatoms. The molecule has 2 aliphatic rings. The molecule has 148 valence electrons. The number of carbonyl (C=O) groups is 2. The maximum atomic E-state index is 13.1. The Morgan fingerprint density at radius 1 is 1.14 bits per heavy atom. The van der Waals surface area contributed by atoms with Crippen LogP contribution in [-0.2, 0) is 16.0 Å². The van der Waals surface area contributed by atoms with Gasteiger partial charge in [0.25, 0.3) is 0 Å². The molecule has 2 aromatic rings. The molecule has 28 heavy (non-hydrogen) atoms. The fourth-order valence-corrected chi connectivity index (χ4v) is 5.14. The van der Waals surface area contributed by atoms with Crippen LogP contribution in [0.25, 0.3) is 11.1 Å². The Labute approximate surface area is 171 Å². The number of hydrogen-bond donors (Lipinski definition) is 0. The number of carbonyl (C=O) groups excluding carboxylic acids is 2. The van der Waals surface area contributed by atoms with Crippen molar-refractivity contribution in [3.05, 3.63) is 46.7 Å². The average molecular weight is 397 g/mol. The van der Waals surface area contributed by atoms with Crippen molar-refractivity contribution in [1.29, 1.82) is 0 Å². The molecule has 0 bridgehead atoms. The molecule has 1 saturated heterocycles. The molecule has 0 N–H and O–H groups in total. The molecule has 0 radical (unpaired) electrons. The summed E-state index contributed by atoms with van der Waals surface area (Å²) in [5.74, 6) is 0.584. The average Bonchev–Trinajstić information content (AvgIpc) is 3.31. The van der Waals surface area contributed by atoms with Crippen LogP contribution in [0.15, 0.2) is 41.1 Å². The van der Waals surface area contributed by atoms with Crippen LogP contribution in [0.1, 0.15) is 31.2 Å². The van der Waals surface area contributed by atoms with E-state index in [9.17, 15) is 9.59 Å². The predicted octanol–water partition coefficient (Wildman–Crippen LogP) is 4.06. The van der Waals surface area contributed by atoms with Crippen LogP contribution in [-0.4, -0.2) is 48.8 Å². The molecule has 4 nitrogen and oxygen atoms in total. The second kappa shape index (κ2) is 7.70. The van der Waals surface area contributed by atoms with Gasteiger partial charge in [-0.05, 0) is 59.2 Å². The van der Waals surface area contributed by atoms with E-state index in [0.29, 0.717) is 19.5 Å². The molecule has 1 saturated carbocycles. The van der Waals surface area contributed by atoms with Gasteiger partial charge in [-0.2, -0.15) is 11.3 Å². The number of nitrogens with zero attached hydrogens (tertiary/aromatic N) is 2. The van der Waals surface area contributed by atoms with Crippen molar-refractivity contribution in [3.63, 3.8) is 0 Å². The number of thiophene rings is 1. The standard InChI is InChI=1S/C23H28N2O2S/c1-24(2)22(27)23(11-12-25(16-23)21(26)19-4-3-5-19)14-17-6-8-18(9-7-17)20-10-13-28-15-20/h6-10,13,15,19H,3-5,11-12,14,16H2,1-2H3/t23-/m1/s1. The maximum Gasteiger partial charge on any atom is 0.230 e. The lowest BCUT2D eigenvalue weighted by atomic mass is 9.79. The minimum Gasteiger partial charge on any atom is -0.348 e. The predicted molar refractivity (Wildman–Crippen MR) is 113 cm³/mol. The summed E-state index contributed by atoms with van der Waals surface area (Å²) in [7, 11) is 3.64. The van der Waals surface area contributed by atoms with Gasteiger partial charge in [0, 0.05) is 33.1 Å². The first-order valence-corrected chi connectivity index (χ1v) is 11.0. The Morgan fingerprint density at radius 2 is 1.89 bits per heavy atom. The summed E-state index contributed by atoms with van der Waals surface area (Å²) in [5.41, 5.74) is 3.08. The molecule has 2 amide bonds. The van der Waals surface area contributed by atoms with Crippen molar-refractivity contribution >= 4 is 23.2 Å². The van der Waals surface area contributed by atoms with E-state index in [-0.39, 0.29) is 17.7 Å². The second-order valence-electron chi connectivity index (χ2n) is 8.50. The van der Waals surface area contributed by atoms with E-state index in [2.05, 4.69) is 41.1 Å². The smallest absolute Gasteiger partial charge is 0.230 e. The molecule has 0 spiro atoms. The van der Waals surface area contributed by atoms with Crippen molar-refractivity contribution in [2.24, 2.45) is 11.3 Å². The van der Waals surface area contributed by atoms with Gasteiger partial charge >= 0.3 is 0 Å². The summed E-state index contributed by atoms with van der Waals surface area (Å²) >= 11 is 1.70. The largest absolute Gasteiger partial charge is 0.348 e. The zero-order valence-electron chi connectivity index (χ0n) is 16.7. The molecule has 0 unspecified atom stereocenters. The highest BCUT2D eigenvalue weighted by Crippen LogP contribution is 2.39. The zero-order chi connectivity index (χ0) is 19.7. The number of hydrogen-bond acceptors (Lipinski definition) is 3. The van der Waals surface area contributed by atoms with Gasteiger partial charge in [0.05, 0.1) is 5.41 Å². The van der Waals surface area contributed by atoms with E-state index in [1.807, 2.05) is 19.0 Å². The van der Waals surface area contributed by atoms with Gasteiger partial charge in [0.2, 0.25) is 11.8 Å². The molecule has 4 rings (SSSR count). The SMILES string of the molecule is CN(C)C(=O)[C@@]1(Cc2ccc(-c3ccsc3)cc2)CCN(C(=O)C2CCC2)C1. The van der Waals surface area contributed by atoms with E-state index in [4.69, 9.17) is 0 Å². The first-order chi connectivity index (χ1) is 13.5. The minimum atomic E-state index is -0.507. The van der Waals surface area contributed by atoms with E-state index in [1.54, 1.807) is 16.2 Å². The molecule has 1 aromatic heterocycles. The van der Waals surface area contributed by atoms with Gasteiger partial charge in [-0.15, -0.1) is 0 Å². The van der Waals surface area contributed by atoms with Crippen LogP contribution >= 0.6 is 11.3 Å². The highest BCUT2D eigenvalue weighted by molar-refractivity contribution is 7.08. The van der Waals surface area contributed by atoms with Gasteiger partial charge in [-0.3, -0.25) is 9.59 Å². The second-order valence-corrected chi connectivity index (χ2v) is 9.28. The van der Waals surface area contributed by atoms with Crippen LogP contribution in [0.5, 0.6) is 0 Å². The van der Waals surface area contributed by atoms with Gasteiger partial charge < -0.3 is 9.80 Å². The van der Waals surface area contributed by atoms with E-state index in [0.717, 1.165) is 31.2 Å². The van der Waals surface area contributed by atoms with Crippen molar-refractivity contribution < 1.29 is 9.59 Å². The number of amides is 2. The van der Waals surface area contributed by atoms with Crippen LogP contribution in [0, 0.1) is 11.3 Å². The van der Waals surface area contributed by atoms with Gasteiger partial charge in [-0.1, -0.05) is 30.7 Å². The van der Waals surface area contributed by atoms with E-state index < -0.39 is 5.41 Å². The van der Waals surface area contributed by atoms with Crippen LogP contribution in [0.3, 0.4) is 0 Å². The maximum absolute atomic E-state index is 13.1. The van der Waals surface area contributed by atoms with Crippen LogP contribution < -0.4 is 0 Å². The molecule has 2 heterocycles. The monoisotopic (exact) mass is 396 g/mol. The quantitative estimate of drug-likeness (QED) is 0.765. The van der Waals surface area contributed by atoms with Crippen molar-refractivity contribution in [2.45, 2.75) is 32.1 Å². The summed E-state index contributed by atoms with van der Waals surface area (Å²) < 4.78 is 0. The lowest BCUT2D eigenvalue weighted by Gasteiger charge is -2.33. The summed E-state index contributed by atoms with van der Waals surface area (Å²) in [4.78, 5) is 29.5. The lowest BCUT2D eigenvalue weighted by Crippen LogP contribution is -2.46. The van der Waals surface area contributed by atoms with Crippen molar-refractivity contribution in [3.8, 4) is 11.1 Å². The van der Waals surface area contributed by atoms with Gasteiger partial charge in [0.1, 0.15) is 0 Å². The Morgan fingerprint density at radius 3 is 2.46 bits per heavy atom. The molecular formula is C23H28N2O2S. The molecule has 1 aliphatic carbocycles. The third kappa shape index (κ3) is 3.60. The Balaban J connectivity index is 1.53. The van der Waals surface area contributed by atoms with Crippen LogP contribution in [0.2, 0.25) is 0 Å². The van der Waals surface area contributed by atoms with E-state index in [1.165, 1.54) is 11.1 Å². The van der Waals surface area contributed by atoms with Gasteiger partial charge in [0.15, 0.2) is 0 Å². The molecule has 2 fully saturated rings. The van der Waals surface area contributed by atoms with Crippen molar-refractivity contribution in [2.75, 3.05) is 27.2 Å². The first kappa shape index (κ1) is 19.2. The topological polar surface area (TPSA) is 40.6 Å². The third-order valence-corrected chi connectivity index (χ3v) is 7.01. The summed E-state index contributed by atoms with van der Waals surface area (Å²) in [5, 5.41) is 4.23. The molecule has 1 atom stereocenters. The summed E-state index contributed by atoms with van der Waals surface area (Å²) in [6.45, 7) is 1.24. The summed E-state index contributed by atoms with van der Waals surface area (Å²) in [6.07, 6.45) is 4.60. The Bertz CT molecular complexity index is 840. The molecular weight excluding hydrogens is 368 g/mol. The Hall–Kier alpha value is -2.14. The Kier molecular flexibility index (Phi) is 5.28. The number of likely N-dealkylation sites (tertiary alicyclic amines) is 1. The normalized spacial score (nSPS) is 22.1. The van der Waals surface area contributed by atoms with E-state index >= 15 is 0 Å². The van der Waals surface area contributed by atoms with Crippen LogP contribution in [0.4, 0.5) is 0 Å². The summed E-state index contributed by atoms with van der Waals surface area (Å²) in [6, 6.07) is 10.7. The highest BCUT2D eigenvalue weighted by atomic mass is 32.1. The zero-order valence-corrected chi connectivity index (χ0v) is 17.5. The fraction of sp³-hybridized carbons (Fsp3) is 0.478.